The number of fused-ring (bicyclic) bond motifs is 1. The number of halogens is 1. The molecule has 3 unspecified atom stereocenters. The van der Waals surface area contributed by atoms with Crippen molar-refractivity contribution in [1.29, 1.82) is 0 Å². The quantitative estimate of drug-likeness (QED) is 0.845. The van der Waals surface area contributed by atoms with Gasteiger partial charge in [-0.3, -0.25) is 0 Å². The van der Waals surface area contributed by atoms with E-state index in [-0.39, 0.29) is 11.2 Å². The monoisotopic (exact) mass is 233 g/mol. The molecule has 1 nitrogen and oxygen atoms in total. The van der Waals surface area contributed by atoms with Crippen molar-refractivity contribution in [2.75, 3.05) is 6.54 Å². The molecule has 0 amide bonds. The molecule has 1 aliphatic carbocycles. The Balaban J connectivity index is 1.95. The van der Waals surface area contributed by atoms with Gasteiger partial charge in [-0.15, -0.1) is 0 Å². The largest absolute Gasteiger partial charge is 0.313 e. The highest BCUT2D eigenvalue weighted by Crippen LogP contribution is 2.60. The Morgan fingerprint density at radius 2 is 2.29 bits per heavy atom. The van der Waals surface area contributed by atoms with Crippen LogP contribution in [0.4, 0.5) is 4.39 Å². The molecule has 2 heteroatoms. The topological polar surface area (TPSA) is 12.0 Å². The molecule has 2 aliphatic rings. The van der Waals surface area contributed by atoms with E-state index in [1.807, 2.05) is 13.0 Å². The maximum Gasteiger partial charge on any atom is 0.126 e. The van der Waals surface area contributed by atoms with Gasteiger partial charge in [0.25, 0.3) is 0 Å². The first-order valence-electron chi connectivity index (χ1n) is 6.68. The number of nitrogens with one attached hydrogen (secondary N) is 1. The molecule has 0 aromatic heterocycles. The predicted octanol–water partition coefficient (Wildman–Crippen LogP) is 3.16. The second-order valence-electron chi connectivity index (χ2n) is 5.65. The van der Waals surface area contributed by atoms with Crippen molar-refractivity contribution in [3.05, 3.63) is 35.1 Å². The van der Waals surface area contributed by atoms with Gasteiger partial charge in [-0.2, -0.15) is 0 Å². The van der Waals surface area contributed by atoms with Crippen molar-refractivity contribution in [2.45, 2.75) is 44.6 Å². The van der Waals surface area contributed by atoms with Crippen molar-refractivity contribution in [3.8, 4) is 0 Å². The van der Waals surface area contributed by atoms with Gasteiger partial charge in [0.1, 0.15) is 5.82 Å². The molecule has 0 radical (unpaired) electrons. The number of hydrogen-bond donors (Lipinski definition) is 1. The Bertz CT molecular complexity index is 443. The fourth-order valence-corrected chi connectivity index (χ4v) is 3.58. The molecule has 1 aliphatic heterocycles. The molecule has 1 heterocycles. The van der Waals surface area contributed by atoms with E-state index in [4.69, 9.17) is 0 Å². The number of rotatable bonds is 3. The summed E-state index contributed by atoms with van der Waals surface area (Å²) in [6, 6.07) is 6.38. The SMILES string of the molecule is CCCC1NCC2CC21c1ccc(C)c(F)c1. The lowest BCUT2D eigenvalue weighted by molar-refractivity contribution is 0.446. The van der Waals surface area contributed by atoms with Crippen molar-refractivity contribution in [2.24, 2.45) is 5.92 Å². The van der Waals surface area contributed by atoms with Crippen molar-refractivity contribution in [3.63, 3.8) is 0 Å². The molecule has 92 valence electrons. The van der Waals surface area contributed by atoms with Crippen LogP contribution in [-0.4, -0.2) is 12.6 Å². The first-order valence-corrected chi connectivity index (χ1v) is 6.68. The van der Waals surface area contributed by atoms with Crippen molar-refractivity contribution >= 4 is 0 Å². The van der Waals surface area contributed by atoms with Crippen LogP contribution in [0.15, 0.2) is 18.2 Å². The van der Waals surface area contributed by atoms with Gasteiger partial charge in [0.2, 0.25) is 0 Å². The molecule has 0 bridgehead atoms. The molecule has 1 aromatic rings. The van der Waals surface area contributed by atoms with Gasteiger partial charge < -0.3 is 5.32 Å². The Morgan fingerprint density at radius 1 is 1.47 bits per heavy atom. The van der Waals surface area contributed by atoms with Crippen LogP contribution in [0, 0.1) is 18.7 Å². The molecule has 3 atom stereocenters. The maximum absolute atomic E-state index is 13.7. The molecule has 1 N–H and O–H groups in total. The van der Waals surface area contributed by atoms with Crippen molar-refractivity contribution < 1.29 is 4.39 Å². The van der Waals surface area contributed by atoms with Crippen LogP contribution in [-0.2, 0) is 5.41 Å². The average molecular weight is 233 g/mol. The summed E-state index contributed by atoms with van der Waals surface area (Å²) in [6.45, 7) is 5.17. The van der Waals surface area contributed by atoms with Crippen molar-refractivity contribution in [1.82, 2.24) is 5.32 Å². The number of benzene rings is 1. The van der Waals surface area contributed by atoms with Crippen LogP contribution in [0.2, 0.25) is 0 Å². The minimum atomic E-state index is -0.0512. The minimum absolute atomic E-state index is 0.0512. The van der Waals surface area contributed by atoms with Crippen LogP contribution in [0.3, 0.4) is 0 Å². The summed E-state index contributed by atoms with van der Waals surface area (Å²) in [4.78, 5) is 0. The summed E-state index contributed by atoms with van der Waals surface area (Å²) in [5.74, 6) is 0.686. The van der Waals surface area contributed by atoms with Gasteiger partial charge in [-0.25, -0.2) is 4.39 Å². The van der Waals surface area contributed by atoms with Crippen LogP contribution in [0.25, 0.3) is 0 Å². The van der Waals surface area contributed by atoms with E-state index in [1.54, 1.807) is 6.07 Å². The smallest absolute Gasteiger partial charge is 0.126 e. The van der Waals surface area contributed by atoms with Gasteiger partial charge in [-0.05, 0) is 49.4 Å². The van der Waals surface area contributed by atoms with E-state index >= 15 is 0 Å². The van der Waals surface area contributed by atoms with Crippen LogP contribution in [0.1, 0.15) is 37.3 Å². The molecule has 1 aromatic carbocycles. The zero-order chi connectivity index (χ0) is 12.0. The van der Waals surface area contributed by atoms with Gasteiger partial charge in [0, 0.05) is 11.5 Å². The summed E-state index contributed by atoms with van der Waals surface area (Å²) in [5, 5.41) is 3.61. The third-order valence-corrected chi connectivity index (χ3v) is 4.67. The number of aryl methyl sites for hydroxylation is 1. The Labute approximate surface area is 102 Å². The fraction of sp³-hybridized carbons (Fsp3) is 0.600. The van der Waals surface area contributed by atoms with E-state index in [1.165, 1.54) is 24.8 Å². The summed E-state index contributed by atoms with van der Waals surface area (Å²) in [7, 11) is 0. The highest BCUT2D eigenvalue weighted by molar-refractivity contribution is 5.41. The summed E-state index contributed by atoms with van der Waals surface area (Å²) < 4.78 is 13.7. The minimum Gasteiger partial charge on any atom is -0.313 e. The van der Waals surface area contributed by atoms with Gasteiger partial charge in [0.15, 0.2) is 0 Å². The second-order valence-corrected chi connectivity index (χ2v) is 5.65. The number of piperidine rings is 1. The molecular weight excluding hydrogens is 213 g/mol. The normalized spacial score (nSPS) is 34.8. The van der Waals surface area contributed by atoms with E-state index in [0.717, 1.165) is 18.0 Å². The van der Waals surface area contributed by atoms with Crippen LogP contribution in [0.5, 0.6) is 0 Å². The highest BCUT2D eigenvalue weighted by atomic mass is 19.1. The van der Waals surface area contributed by atoms with Crippen LogP contribution >= 0.6 is 0 Å². The molecular formula is C15H20FN. The summed E-state index contributed by atoms with van der Waals surface area (Å²) in [6.07, 6.45) is 3.64. The van der Waals surface area contributed by atoms with E-state index in [0.29, 0.717) is 6.04 Å². The second kappa shape index (κ2) is 3.81. The summed E-state index contributed by atoms with van der Waals surface area (Å²) >= 11 is 0. The lowest BCUT2D eigenvalue weighted by atomic mass is 9.85. The fourth-order valence-electron chi connectivity index (χ4n) is 3.58. The lowest BCUT2D eigenvalue weighted by Gasteiger charge is -2.24. The predicted molar refractivity (Wildman–Crippen MR) is 67.6 cm³/mol. The molecule has 1 saturated heterocycles. The first kappa shape index (κ1) is 11.2. The van der Waals surface area contributed by atoms with E-state index in [2.05, 4.69) is 18.3 Å². The Kier molecular flexibility index (Phi) is 2.51. The van der Waals surface area contributed by atoms with Crippen LogP contribution < -0.4 is 5.32 Å². The summed E-state index contributed by atoms with van der Waals surface area (Å²) in [5.41, 5.74) is 2.22. The lowest BCUT2D eigenvalue weighted by Crippen LogP contribution is -2.34. The molecule has 3 rings (SSSR count). The zero-order valence-electron chi connectivity index (χ0n) is 10.6. The van der Waals surface area contributed by atoms with Gasteiger partial charge in [-0.1, -0.05) is 25.5 Å². The zero-order valence-corrected chi connectivity index (χ0v) is 10.6. The molecule has 0 spiro atoms. The first-order chi connectivity index (χ1) is 8.18. The average Bonchev–Trinajstić information content (AvgIpc) is 2.95. The van der Waals surface area contributed by atoms with E-state index in [9.17, 15) is 4.39 Å². The number of hydrogen-bond acceptors (Lipinski definition) is 1. The third kappa shape index (κ3) is 1.54. The standard InChI is InChI=1S/C15H20FN/c1-3-4-14-15(8-12(15)9-17-14)11-6-5-10(2)13(16)7-11/h5-7,12,14,17H,3-4,8-9H2,1-2H3. The van der Waals surface area contributed by atoms with Gasteiger partial charge in [0.05, 0.1) is 0 Å². The Morgan fingerprint density at radius 3 is 2.94 bits per heavy atom. The Hall–Kier alpha value is -0.890. The third-order valence-electron chi connectivity index (χ3n) is 4.67. The van der Waals surface area contributed by atoms with E-state index < -0.39 is 0 Å². The molecule has 1 saturated carbocycles. The molecule has 2 fully saturated rings. The maximum atomic E-state index is 13.7. The van der Waals surface area contributed by atoms with Gasteiger partial charge >= 0.3 is 0 Å². The molecule has 17 heavy (non-hydrogen) atoms. The highest BCUT2D eigenvalue weighted by Gasteiger charge is 2.63.